The minimum atomic E-state index is -0.454. The van der Waals surface area contributed by atoms with Gasteiger partial charge in [-0.05, 0) is 42.9 Å². The molecule has 1 aliphatic heterocycles. The van der Waals surface area contributed by atoms with E-state index in [1.165, 1.54) is 0 Å². The number of piperidine rings is 1. The van der Waals surface area contributed by atoms with E-state index in [2.05, 4.69) is 6.07 Å². The lowest BCUT2D eigenvalue weighted by Crippen LogP contribution is -2.51. The number of aryl methyl sites for hydroxylation is 1. The van der Waals surface area contributed by atoms with Crippen LogP contribution in [0.15, 0.2) is 18.2 Å². The molecule has 0 spiro atoms. The summed E-state index contributed by atoms with van der Waals surface area (Å²) in [5.74, 6) is -0.281. The first-order valence-electron chi connectivity index (χ1n) is 6.87. The second-order valence-corrected chi connectivity index (χ2v) is 6.14. The molecule has 106 valence electrons. The molecule has 0 bridgehead atoms. The fourth-order valence-electron chi connectivity index (χ4n) is 2.83. The Labute approximate surface area is 119 Å². The van der Waals surface area contributed by atoms with Crippen molar-refractivity contribution in [3.8, 4) is 11.8 Å². The van der Waals surface area contributed by atoms with E-state index in [-0.39, 0.29) is 22.6 Å². The van der Waals surface area contributed by atoms with Crippen LogP contribution in [0.2, 0.25) is 0 Å². The van der Waals surface area contributed by atoms with Gasteiger partial charge in [0, 0.05) is 6.54 Å². The molecule has 1 aromatic rings. The van der Waals surface area contributed by atoms with Crippen molar-refractivity contribution in [1.29, 1.82) is 5.26 Å². The molecule has 0 aromatic heterocycles. The van der Waals surface area contributed by atoms with Crippen molar-refractivity contribution >= 4 is 5.91 Å². The molecule has 4 nitrogen and oxygen atoms in total. The number of hydrogen-bond acceptors (Lipinski definition) is 3. The average Bonchev–Trinajstić information content (AvgIpc) is 2.36. The van der Waals surface area contributed by atoms with E-state index in [0.29, 0.717) is 6.54 Å². The first-order valence-corrected chi connectivity index (χ1v) is 6.87. The number of hydrogen-bond donors (Lipinski definition) is 1. The fraction of sp³-hybridized carbons (Fsp3) is 0.500. The molecule has 1 amide bonds. The van der Waals surface area contributed by atoms with Crippen molar-refractivity contribution in [2.45, 2.75) is 39.7 Å². The molecule has 1 aromatic carbocycles. The summed E-state index contributed by atoms with van der Waals surface area (Å²) >= 11 is 0. The molecular formula is C16H20N2O2. The van der Waals surface area contributed by atoms with Crippen molar-refractivity contribution in [1.82, 2.24) is 4.90 Å². The zero-order valence-corrected chi connectivity index (χ0v) is 12.2. The topological polar surface area (TPSA) is 64.3 Å². The predicted octanol–water partition coefficient (Wildman–Crippen LogP) is 2.86. The Hall–Kier alpha value is -2.02. The summed E-state index contributed by atoms with van der Waals surface area (Å²) < 4.78 is 0. The lowest BCUT2D eigenvalue weighted by atomic mass is 9.77. The van der Waals surface area contributed by atoms with Crippen LogP contribution in [0.4, 0.5) is 0 Å². The molecule has 1 aliphatic rings. The van der Waals surface area contributed by atoms with Gasteiger partial charge in [-0.3, -0.25) is 4.79 Å². The van der Waals surface area contributed by atoms with Crippen LogP contribution in [0.3, 0.4) is 0 Å². The lowest BCUT2D eigenvalue weighted by molar-refractivity contribution is 0.0435. The summed E-state index contributed by atoms with van der Waals surface area (Å²) in [6.45, 7) is 6.44. The molecular weight excluding hydrogens is 252 g/mol. The lowest BCUT2D eigenvalue weighted by Gasteiger charge is -2.42. The summed E-state index contributed by atoms with van der Waals surface area (Å²) in [4.78, 5) is 14.2. The Bertz CT molecular complexity index is 572. The van der Waals surface area contributed by atoms with Gasteiger partial charge < -0.3 is 10.0 Å². The minimum absolute atomic E-state index is 0.0185. The van der Waals surface area contributed by atoms with Crippen LogP contribution < -0.4 is 0 Å². The molecule has 1 saturated heterocycles. The number of aromatic hydroxyl groups is 1. The van der Waals surface area contributed by atoms with Gasteiger partial charge in [0.25, 0.3) is 5.91 Å². The second kappa shape index (κ2) is 5.16. The van der Waals surface area contributed by atoms with Gasteiger partial charge in [-0.1, -0.05) is 19.9 Å². The van der Waals surface area contributed by atoms with Gasteiger partial charge >= 0.3 is 0 Å². The number of nitrogens with zero attached hydrogens (tertiary/aromatic N) is 2. The molecule has 0 saturated carbocycles. The van der Waals surface area contributed by atoms with Crippen molar-refractivity contribution in [2.75, 3.05) is 6.54 Å². The highest BCUT2D eigenvalue weighted by Gasteiger charge is 2.40. The maximum absolute atomic E-state index is 12.6. The number of rotatable bonds is 1. The summed E-state index contributed by atoms with van der Waals surface area (Å²) in [6, 6.07) is 6.79. The second-order valence-electron chi connectivity index (χ2n) is 6.14. The summed E-state index contributed by atoms with van der Waals surface area (Å²) in [7, 11) is 0. The molecule has 1 unspecified atom stereocenters. The van der Waals surface area contributed by atoms with E-state index in [1.807, 2.05) is 20.8 Å². The molecule has 1 fully saturated rings. The maximum Gasteiger partial charge on any atom is 0.258 e. The fourth-order valence-corrected chi connectivity index (χ4v) is 2.83. The summed E-state index contributed by atoms with van der Waals surface area (Å²) in [5.41, 5.74) is 0.951. The van der Waals surface area contributed by atoms with E-state index in [1.54, 1.807) is 23.1 Å². The number of phenolic OH excluding ortho intramolecular Hbond substituents is 1. The highest BCUT2D eigenvalue weighted by atomic mass is 16.3. The largest absolute Gasteiger partial charge is 0.507 e. The molecule has 20 heavy (non-hydrogen) atoms. The summed E-state index contributed by atoms with van der Waals surface area (Å²) in [6.07, 6.45) is 1.80. The number of carbonyl (C=O) groups excluding carboxylic acids is 1. The van der Waals surface area contributed by atoms with Crippen LogP contribution in [0.25, 0.3) is 0 Å². The number of carbonyl (C=O) groups is 1. The van der Waals surface area contributed by atoms with E-state index in [9.17, 15) is 15.2 Å². The number of benzene rings is 1. The third kappa shape index (κ3) is 2.49. The van der Waals surface area contributed by atoms with Crippen LogP contribution in [-0.2, 0) is 0 Å². The average molecular weight is 272 g/mol. The number of nitriles is 1. The quantitative estimate of drug-likeness (QED) is 0.855. The Kier molecular flexibility index (Phi) is 3.71. The number of amides is 1. The Morgan fingerprint density at radius 3 is 2.80 bits per heavy atom. The highest BCUT2D eigenvalue weighted by Crippen LogP contribution is 2.36. The molecule has 0 aliphatic carbocycles. The monoisotopic (exact) mass is 272 g/mol. The highest BCUT2D eigenvalue weighted by molar-refractivity contribution is 5.97. The van der Waals surface area contributed by atoms with Crippen LogP contribution in [-0.4, -0.2) is 28.5 Å². The third-order valence-corrected chi connectivity index (χ3v) is 4.04. The van der Waals surface area contributed by atoms with Gasteiger partial charge in [-0.2, -0.15) is 5.26 Å². The minimum Gasteiger partial charge on any atom is -0.507 e. The Balaban J connectivity index is 2.35. The number of likely N-dealkylation sites (tertiary alicyclic amines) is 1. The van der Waals surface area contributed by atoms with E-state index in [0.717, 1.165) is 18.4 Å². The van der Waals surface area contributed by atoms with Crippen molar-refractivity contribution in [3.05, 3.63) is 29.3 Å². The van der Waals surface area contributed by atoms with Gasteiger partial charge in [0.05, 0.1) is 11.6 Å². The standard InChI is InChI=1S/C16H20N2O2/c1-11-5-6-12(13(19)9-11)15(20)18-8-4-7-16(2,3)14(18)10-17/h5-6,9,14,19H,4,7-8H2,1-3H3. The molecule has 1 atom stereocenters. The normalized spacial score (nSPS) is 21.3. The van der Waals surface area contributed by atoms with Gasteiger partial charge in [0.1, 0.15) is 11.8 Å². The van der Waals surface area contributed by atoms with Gasteiger partial charge in [0.2, 0.25) is 0 Å². The van der Waals surface area contributed by atoms with E-state index in [4.69, 9.17) is 0 Å². The Morgan fingerprint density at radius 2 is 2.20 bits per heavy atom. The smallest absolute Gasteiger partial charge is 0.258 e. The summed E-state index contributed by atoms with van der Waals surface area (Å²) in [5, 5.41) is 19.4. The van der Waals surface area contributed by atoms with Crippen molar-refractivity contribution < 1.29 is 9.90 Å². The van der Waals surface area contributed by atoms with Crippen LogP contribution >= 0.6 is 0 Å². The molecule has 4 heteroatoms. The van der Waals surface area contributed by atoms with E-state index >= 15 is 0 Å². The zero-order valence-electron chi connectivity index (χ0n) is 12.2. The molecule has 0 radical (unpaired) electrons. The molecule has 1 heterocycles. The van der Waals surface area contributed by atoms with Crippen LogP contribution in [0, 0.1) is 23.7 Å². The Morgan fingerprint density at radius 1 is 1.50 bits per heavy atom. The third-order valence-electron chi connectivity index (χ3n) is 4.04. The molecule has 2 rings (SSSR count). The molecule has 1 N–H and O–H groups in total. The first kappa shape index (κ1) is 14.4. The van der Waals surface area contributed by atoms with Crippen LogP contribution in [0.1, 0.15) is 42.6 Å². The van der Waals surface area contributed by atoms with Crippen LogP contribution in [0.5, 0.6) is 5.75 Å². The first-order chi connectivity index (χ1) is 9.36. The number of phenols is 1. The van der Waals surface area contributed by atoms with Crippen molar-refractivity contribution in [3.63, 3.8) is 0 Å². The maximum atomic E-state index is 12.6. The van der Waals surface area contributed by atoms with Gasteiger partial charge in [-0.25, -0.2) is 0 Å². The van der Waals surface area contributed by atoms with Crippen molar-refractivity contribution in [2.24, 2.45) is 5.41 Å². The predicted molar refractivity (Wildman–Crippen MR) is 76.3 cm³/mol. The SMILES string of the molecule is Cc1ccc(C(=O)N2CCCC(C)(C)C2C#N)c(O)c1. The zero-order chi connectivity index (χ0) is 14.9. The van der Waals surface area contributed by atoms with Gasteiger partial charge in [0.15, 0.2) is 0 Å². The van der Waals surface area contributed by atoms with E-state index < -0.39 is 6.04 Å². The van der Waals surface area contributed by atoms with Gasteiger partial charge in [-0.15, -0.1) is 0 Å².